The van der Waals surface area contributed by atoms with Gasteiger partial charge in [-0.25, -0.2) is 0 Å². The molecule has 0 bridgehead atoms. The van der Waals surface area contributed by atoms with E-state index in [9.17, 15) is 4.79 Å². The van der Waals surface area contributed by atoms with E-state index in [0.717, 1.165) is 32.4 Å². The topological polar surface area (TPSA) is 38.3 Å². The maximum atomic E-state index is 10.9. The zero-order chi connectivity index (χ0) is 13.9. The molecule has 106 valence electrons. The standard InChI is InChI=1S/C16H25NO2/c1-3-5-14-7-9-15(10-8-14)11-13-17-12-4-6-16(18)19-2/h7-10,17H,3-6,11-13H2,1-2H3. The third kappa shape index (κ3) is 6.97. The Morgan fingerprint density at radius 2 is 1.74 bits per heavy atom. The summed E-state index contributed by atoms with van der Waals surface area (Å²) in [5.41, 5.74) is 2.78. The summed E-state index contributed by atoms with van der Waals surface area (Å²) in [5.74, 6) is -0.131. The van der Waals surface area contributed by atoms with Gasteiger partial charge < -0.3 is 10.1 Å². The minimum Gasteiger partial charge on any atom is -0.469 e. The molecule has 3 heteroatoms. The molecular formula is C16H25NO2. The summed E-state index contributed by atoms with van der Waals surface area (Å²) in [4.78, 5) is 10.9. The molecule has 0 fully saturated rings. The molecule has 0 unspecified atom stereocenters. The molecule has 0 aliphatic heterocycles. The molecule has 0 heterocycles. The van der Waals surface area contributed by atoms with Gasteiger partial charge in [-0.3, -0.25) is 4.79 Å². The SMILES string of the molecule is CCCc1ccc(CCNCCCC(=O)OC)cc1. The second kappa shape index (κ2) is 9.56. The van der Waals surface area contributed by atoms with Gasteiger partial charge in [0.1, 0.15) is 0 Å². The third-order valence-electron chi connectivity index (χ3n) is 3.11. The Hall–Kier alpha value is -1.35. The van der Waals surface area contributed by atoms with Crippen molar-refractivity contribution >= 4 is 5.97 Å². The van der Waals surface area contributed by atoms with Gasteiger partial charge >= 0.3 is 5.97 Å². The summed E-state index contributed by atoms with van der Waals surface area (Å²) < 4.78 is 4.59. The quantitative estimate of drug-likeness (QED) is 0.550. The lowest BCUT2D eigenvalue weighted by atomic mass is 10.1. The Kier molecular flexibility index (Phi) is 7.91. The van der Waals surface area contributed by atoms with Gasteiger partial charge in [0, 0.05) is 6.42 Å². The number of carbonyl (C=O) groups excluding carboxylic acids is 1. The molecule has 0 radical (unpaired) electrons. The zero-order valence-corrected chi connectivity index (χ0v) is 12.1. The van der Waals surface area contributed by atoms with Crippen molar-refractivity contribution in [3.05, 3.63) is 35.4 Å². The highest BCUT2D eigenvalue weighted by atomic mass is 16.5. The second-order valence-electron chi connectivity index (χ2n) is 4.75. The normalized spacial score (nSPS) is 10.4. The molecule has 0 amide bonds. The van der Waals surface area contributed by atoms with E-state index in [1.54, 1.807) is 0 Å². The van der Waals surface area contributed by atoms with Gasteiger partial charge in [-0.2, -0.15) is 0 Å². The molecule has 0 aliphatic carbocycles. The molecule has 0 aromatic heterocycles. The lowest BCUT2D eigenvalue weighted by Gasteiger charge is -2.05. The molecule has 0 aliphatic rings. The van der Waals surface area contributed by atoms with Gasteiger partial charge in [0.15, 0.2) is 0 Å². The number of nitrogens with one attached hydrogen (secondary N) is 1. The molecule has 19 heavy (non-hydrogen) atoms. The molecule has 1 N–H and O–H groups in total. The van der Waals surface area contributed by atoms with Crippen LogP contribution >= 0.6 is 0 Å². The number of ether oxygens (including phenoxy) is 1. The van der Waals surface area contributed by atoms with Crippen LogP contribution < -0.4 is 5.32 Å². The van der Waals surface area contributed by atoms with Crippen molar-refractivity contribution in [3.8, 4) is 0 Å². The van der Waals surface area contributed by atoms with Crippen LogP contribution in [0.4, 0.5) is 0 Å². The first-order valence-electron chi connectivity index (χ1n) is 7.11. The fourth-order valence-electron chi connectivity index (χ4n) is 1.98. The molecule has 0 saturated heterocycles. The Labute approximate surface area is 116 Å². The fraction of sp³-hybridized carbons (Fsp3) is 0.562. The Morgan fingerprint density at radius 1 is 1.11 bits per heavy atom. The molecule has 0 atom stereocenters. The number of carbonyl (C=O) groups is 1. The van der Waals surface area contributed by atoms with Crippen LogP contribution in [0.3, 0.4) is 0 Å². The number of methoxy groups -OCH3 is 1. The summed E-state index contributed by atoms with van der Waals surface area (Å²) in [7, 11) is 1.43. The first-order valence-corrected chi connectivity index (χ1v) is 7.11. The van der Waals surface area contributed by atoms with Crippen molar-refractivity contribution in [2.45, 2.75) is 39.0 Å². The predicted octanol–water partition coefficient (Wildman–Crippen LogP) is 2.72. The first kappa shape index (κ1) is 15.7. The fourth-order valence-corrected chi connectivity index (χ4v) is 1.98. The minimum atomic E-state index is -0.131. The zero-order valence-electron chi connectivity index (χ0n) is 12.1. The van der Waals surface area contributed by atoms with E-state index in [1.165, 1.54) is 24.7 Å². The Bertz CT molecular complexity index is 360. The number of aryl methyl sites for hydroxylation is 1. The van der Waals surface area contributed by atoms with Gasteiger partial charge in [0.25, 0.3) is 0 Å². The van der Waals surface area contributed by atoms with Gasteiger partial charge in [-0.1, -0.05) is 37.6 Å². The average Bonchev–Trinajstić information content (AvgIpc) is 2.44. The highest BCUT2D eigenvalue weighted by Gasteiger charge is 1.99. The van der Waals surface area contributed by atoms with E-state index < -0.39 is 0 Å². The molecule has 1 rings (SSSR count). The summed E-state index contributed by atoms with van der Waals surface area (Å²) in [5, 5.41) is 3.35. The molecule has 1 aromatic rings. The van der Waals surface area contributed by atoms with Gasteiger partial charge in [-0.15, -0.1) is 0 Å². The maximum absolute atomic E-state index is 10.9. The molecule has 1 aromatic carbocycles. The molecular weight excluding hydrogens is 238 g/mol. The van der Waals surface area contributed by atoms with Crippen molar-refractivity contribution in [1.29, 1.82) is 0 Å². The van der Waals surface area contributed by atoms with Crippen LogP contribution in [0.1, 0.15) is 37.3 Å². The average molecular weight is 263 g/mol. The first-order chi connectivity index (χ1) is 9.26. The summed E-state index contributed by atoms with van der Waals surface area (Å²) in [6, 6.07) is 8.86. The summed E-state index contributed by atoms with van der Waals surface area (Å²) in [6.07, 6.45) is 4.72. The van der Waals surface area contributed by atoms with E-state index in [-0.39, 0.29) is 5.97 Å². The highest BCUT2D eigenvalue weighted by molar-refractivity contribution is 5.69. The van der Waals surface area contributed by atoms with Crippen molar-refractivity contribution < 1.29 is 9.53 Å². The molecule has 0 saturated carbocycles. The van der Waals surface area contributed by atoms with E-state index in [4.69, 9.17) is 0 Å². The van der Waals surface area contributed by atoms with Crippen molar-refractivity contribution in [2.24, 2.45) is 0 Å². The van der Waals surface area contributed by atoms with Crippen LogP contribution in [-0.2, 0) is 22.4 Å². The van der Waals surface area contributed by atoms with Gasteiger partial charge in [-0.05, 0) is 43.5 Å². The van der Waals surface area contributed by atoms with Crippen molar-refractivity contribution in [1.82, 2.24) is 5.32 Å². The number of esters is 1. The lowest BCUT2D eigenvalue weighted by Crippen LogP contribution is -2.19. The van der Waals surface area contributed by atoms with Crippen LogP contribution in [0.15, 0.2) is 24.3 Å². The third-order valence-corrected chi connectivity index (χ3v) is 3.11. The highest BCUT2D eigenvalue weighted by Crippen LogP contribution is 2.06. The number of rotatable bonds is 9. The lowest BCUT2D eigenvalue weighted by molar-refractivity contribution is -0.140. The largest absolute Gasteiger partial charge is 0.469 e. The van der Waals surface area contributed by atoms with Crippen LogP contribution in [-0.4, -0.2) is 26.2 Å². The smallest absolute Gasteiger partial charge is 0.305 e. The predicted molar refractivity (Wildman–Crippen MR) is 78.3 cm³/mol. The van der Waals surface area contributed by atoms with Gasteiger partial charge in [0.2, 0.25) is 0 Å². The number of hydrogen-bond acceptors (Lipinski definition) is 3. The Balaban J connectivity index is 2.10. The summed E-state index contributed by atoms with van der Waals surface area (Å²) >= 11 is 0. The van der Waals surface area contributed by atoms with Crippen molar-refractivity contribution in [2.75, 3.05) is 20.2 Å². The maximum Gasteiger partial charge on any atom is 0.305 e. The second-order valence-corrected chi connectivity index (χ2v) is 4.75. The van der Waals surface area contributed by atoms with Crippen molar-refractivity contribution in [3.63, 3.8) is 0 Å². The number of hydrogen-bond donors (Lipinski definition) is 1. The van der Waals surface area contributed by atoms with E-state index in [0.29, 0.717) is 6.42 Å². The van der Waals surface area contributed by atoms with Crippen LogP contribution in [0.2, 0.25) is 0 Å². The molecule has 0 spiro atoms. The van der Waals surface area contributed by atoms with E-state index >= 15 is 0 Å². The van der Waals surface area contributed by atoms with Crippen LogP contribution in [0.25, 0.3) is 0 Å². The molecule has 3 nitrogen and oxygen atoms in total. The van der Waals surface area contributed by atoms with Gasteiger partial charge in [0.05, 0.1) is 7.11 Å². The number of benzene rings is 1. The van der Waals surface area contributed by atoms with E-state index in [1.807, 2.05) is 0 Å². The minimum absolute atomic E-state index is 0.131. The van der Waals surface area contributed by atoms with Crippen LogP contribution in [0, 0.1) is 0 Å². The van der Waals surface area contributed by atoms with E-state index in [2.05, 4.69) is 41.2 Å². The van der Waals surface area contributed by atoms with Crippen LogP contribution in [0.5, 0.6) is 0 Å². The summed E-state index contributed by atoms with van der Waals surface area (Å²) in [6.45, 7) is 4.02. The Morgan fingerprint density at radius 3 is 2.32 bits per heavy atom. The monoisotopic (exact) mass is 263 g/mol.